The highest BCUT2D eigenvalue weighted by Crippen LogP contribution is 2.32. The molecule has 0 bridgehead atoms. The van der Waals surface area contributed by atoms with Gasteiger partial charge in [-0.1, -0.05) is 6.07 Å². The summed E-state index contributed by atoms with van der Waals surface area (Å²) >= 11 is 0. The average Bonchev–Trinajstić information content (AvgIpc) is 2.78. The van der Waals surface area contributed by atoms with Crippen molar-refractivity contribution in [2.24, 2.45) is 5.92 Å². The summed E-state index contributed by atoms with van der Waals surface area (Å²) in [5.41, 5.74) is 1.73. The fraction of sp³-hybridized carbons (Fsp3) is 0.478. The number of likely N-dealkylation sites (tertiary alicyclic amines) is 1. The van der Waals surface area contributed by atoms with Gasteiger partial charge in [0.05, 0.1) is 36.1 Å². The number of rotatable bonds is 6. The molecule has 2 amide bonds. The quantitative estimate of drug-likeness (QED) is 0.639. The number of carbonyl (C=O) groups is 2. The van der Waals surface area contributed by atoms with Crippen LogP contribution in [0.5, 0.6) is 0 Å². The number of anilines is 2. The molecular formula is C23H25F4N5O2. The minimum absolute atomic E-state index is 0.0000737. The lowest BCUT2D eigenvalue weighted by molar-refractivity contribution is -0.149. The first-order chi connectivity index (χ1) is 16.2. The highest BCUT2D eigenvalue weighted by molar-refractivity contribution is 5.94. The monoisotopic (exact) mass is 479 g/mol. The van der Waals surface area contributed by atoms with Crippen molar-refractivity contribution in [2.75, 3.05) is 36.4 Å². The highest BCUT2D eigenvalue weighted by Gasteiger charge is 2.34. The molecule has 0 atom stereocenters. The van der Waals surface area contributed by atoms with Crippen molar-refractivity contribution in [1.82, 2.24) is 15.1 Å². The Labute approximate surface area is 194 Å². The Balaban J connectivity index is 1.26. The van der Waals surface area contributed by atoms with Gasteiger partial charge in [0.15, 0.2) is 0 Å². The molecule has 1 aromatic carbocycles. The van der Waals surface area contributed by atoms with Gasteiger partial charge in [0.2, 0.25) is 11.8 Å². The van der Waals surface area contributed by atoms with E-state index in [-0.39, 0.29) is 23.4 Å². The molecule has 0 saturated carbocycles. The number of hydrogen-bond acceptors (Lipinski definition) is 5. The predicted octanol–water partition coefficient (Wildman–Crippen LogP) is 3.74. The average molecular weight is 479 g/mol. The highest BCUT2D eigenvalue weighted by atomic mass is 19.4. The van der Waals surface area contributed by atoms with Crippen LogP contribution in [0.1, 0.15) is 37.2 Å². The summed E-state index contributed by atoms with van der Waals surface area (Å²) in [7, 11) is 0. The van der Waals surface area contributed by atoms with E-state index in [1.165, 1.54) is 17.0 Å². The standard InChI is InChI=1S/C23H25F4N5O2/c24-19-11-16(15-5-9-31(10-6-15)21(33)3-7-23(25,26)27)1-2-20(19)30-22(34)17-13-32(14-17)18-4-8-28-29-12-18/h1-2,4,8,11-12,15,17H,3,5-7,9-10,13-14H2,(H,30,34). The van der Waals surface area contributed by atoms with E-state index in [1.807, 2.05) is 11.0 Å². The van der Waals surface area contributed by atoms with Crippen molar-refractivity contribution >= 4 is 23.2 Å². The van der Waals surface area contributed by atoms with Crippen molar-refractivity contribution < 1.29 is 27.2 Å². The van der Waals surface area contributed by atoms with E-state index >= 15 is 0 Å². The Morgan fingerprint density at radius 2 is 1.82 bits per heavy atom. The molecular weight excluding hydrogens is 454 g/mol. The Bertz CT molecular complexity index is 1020. The number of nitrogens with zero attached hydrogens (tertiary/aromatic N) is 4. The zero-order chi connectivity index (χ0) is 24.3. The van der Waals surface area contributed by atoms with Crippen LogP contribution in [-0.4, -0.2) is 59.3 Å². The second-order valence-corrected chi connectivity index (χ2v) is 8.70. The SMILES string of the molecule is O=C(Nc1ccc(C2CCN(C(=O)CCC(F)(F)F)CC2)cc1F)C1CN(c2ccnnc2)C1. The molecule has 1 aromatic heterocycles. The number of halogens is 4. The number of alkyl halides is 3. The summed E-state index contributed by atoms with van der Waals surface area (Å²) in [4.78, 5) is 27.9. The van der Waals surface area contributed by atoms with Gasteiger partial charge in [-0.3, -0.25) is 9.59 Å². The summed E-state index contributed by atoms with van der Waals surface area (Å²) in [5, 5.41) is 10.2. The van der Waals surface area contributed by atoms with Gasteiger partial charge >= 0.3 is 6.18 Å². The topological polar surface area (TPSA) is 78.4 Å². The van der Waals surface area contributed by atoms with Gasteiger partial charge in [0.1, 0.15) is 5.82 Å². The lowest BCUT2D eigenvalue weighted by atomic mass is 9.89. The molecule has 34 heavy (non-hydrogen) atoms. The molecule has 0 radical (unpaired) electrons. The van der Waals surface area contributed by atoms with Crippen LogP contribution in [0.15, 0.2) is 36.7 Å². The molecule has 0 spiro atoms. The summed E-state index contributed by atoms with van der Waals surface area (Å²) in [6.07, 6.45) is -1.72. The normalized spacial score (nSPS) is 17.4. The van der Waals surface area contributed by atoms with Gasteiger partial charge in [-0.2, -0.15) is 23.4 Å². The number of amides is 2. The van der Waals surface area contributed by atoms with Crippen molar-refractivity contribution in [2.45, 2.75) is 37.8 Å². The number of piperidine rings is 1. The molecule has 11 heteroatoms. The first-order valence-corrected chi connectivity index (χ1v) is 11.2. The zero-order valence-electron chi connectivity index (χ0n) is 18.4. The van der Waals surface area contributed by atoms with Crippen LogP contribution in [0, 0.1) is 11.7 Å². The van der Waals surface area contributed by atoms with E-state index in [9.17, 15) is 27.2 Å². The Kier molecular flexibility index (Phi) is 6.99. The van der Waals surface area contributed by atoms with Crippen molar-refractivity contribution in [3.63, 3.8) is 0 Å². The van der Waals surface area contributed by atoms with Gasteiger partial charge in [-0.15, -0.1) is 0 Å². The number of benzene rings is 1. The van der Waals surface area contributed by atoms with Crippen molar-refractivity contribution in [1.29, 1.82) is 0 Å². The van der Waals surface area contributed by atoms with E-state index in [1.54, 1.807) is 18.5 Å². The molecule has 2 saturated heterocycles. The lowest BCUT2D eigenvalue weighted by Gasteiger charge is -2.39. The van der Waals surface area contributed by atoms with E-state index in [0.29, 0.717) is 39.0 Å². The van der Waals surface area contributed by atoms with Gasteiger partial charge < -0.3 is 15.1 Å². The fourth-order valence-corrected chi connectivity index (χ4v) is 4.32. The van der Waals surface area contributed by atoms with Gasteiger partial charge in [-0.25, -0.2) is 4.39 Å². The molecule has 4 rings (SSSR count). The minimum atomic E-state index is -4.35. The molecule has 0 unspecified atom stereocenters. The number of hydrogen-bond donors (Lipinski definition) is 1. The Morgan fingerprint density at radius 1 is 1.09 bits per heavy atom. The van der Waals surface area contributed by atoms with Crippen LogP contribution in [-0.2, 0) is 9.59 Å². The molecule has 1 N–H and O–H groups in total. The molecule has 2 aromatic rings. The second kappa shape index (κ2) is 9.94. The smallest absolute Gasteiger partial charge is 0.368 e. The number of nitrogens with one attached hydrogen (secondary N) is 1. The molecule has 3 heterocycles. The van der Waals surface area contributed by atoms with Crippen molar-refractivity contribution in [3.05, 3.63) is 48.0 Å². The summed E-state index contributed by atoms with van der Waals surface area (Å²) in [5.74, 6) is -1.55. The minimum Gasteiger partial charge on any atom is -0.368 e. The number of aromatic nitrogens is 2. The third-order valence-electron chi connectivity index (χ3n) is 6.38. The van der Waals surface area contributed by atoms with Crippen LogP contribution in [0.25, 0.3) is 0 Å². The molecule has 2 aliphatic rings. The van der Waals surface area contributed by atoms with Crippen LogP contribution < -0.4 is 10.2 Å². The van der Waals surface area contributed by atoms with Crippen LogP contribution >= 0.6 is 0 Å². The maximum absolute atomic E-state index is 14.7. The number of carbonyl (C=O) groups excluding carboxylic acids is 2. The zero-order valence-corrected chi connectivity index (χ0v) is 18.4. The molecule has 182 valence electrons. The Morgan fingerprint density at radius 3 is 2.44 bits per heavy atom. The van der Waals surface area contributed by atoms with Crippen LogP contribution in [0.2, 0.25) is 0 Å². The molecule has 2 aliphatic heterocycles. The molecule has 7 nitrogen and oxygen atoms in total. The maximum atomic E-state index is 14.7. The van der Waals surface area contributed by atoms with Gasteiger partial charge in [0.25, 0.3) is 0 Å². The van der Waals surface area contributed by atoms with Gasteiger partial charge in [0, 0.05) is 32.6 Å². The van der Waals surface area contributed by atoms with E-state index in [0.717, 1.165) is 11.3 Å². The van der Waals surface area contributed by atoms with Crippen LogP contribution in [0.4, 0.5) is 28.9 Å². The molecule has 0 aliphatic carbocycles. The van der Waals surface area contributed by atoms with Crippen LogP contribution in [0.3, 0.4) is 0 Å². The maximum Gasteiger partial charge on any atom is 0.389 e. The largest absolute Gasteiger partial charge is 0.389 e. The second-order valence-electron chi connectivity index (χ2n) is 8.70. The summed E-state index contributed by atoms with van der Waals surface area (Å²) < 4.78 is 51.7. The third kappa shape index (κ3) is 5.81. The summed E-state index contributed by atoms with van der Waals surface area (Å²) in [6.45, 7) is 1.70. The van der Waals surface area contributed by atoms with E-state index in [4.69, 9.17) is 0 Å². The predicted molar refractivity (Wildman–Crippen MR) is 117 cm³/mol. The van der Waals surface area contributed by atoms with Gasteiger partial charge in [-0.05, 0) is 42.5 Å². The first-order valence-electron chi connectivity index (χ1n) is 11.2. The fourth-order valence-electron chi connectivity index (χ4n) is 4.32. The first kappa shape index (κ1) is 23.9. The summed E-state index contributed by atoms with van der Waals surface area (Å²) in [6, 6.07) is 6.48. The Hall–Kier alpha value is -3.24. The van der Waals surface area contributed by atoms with E-state index in [2.05, 4.69) is 15.5 Å². The van der Waals surface area contributed by atoms with E-state index < -0.39 is 30.7 Å². The lowest BCUT2D eigenvalue weighted by Crippen LogP contribution is -2.52. The third-order valence-corrected chi connectivity index (χ3v) is 6.38. The van der Waals surface area contributed by atoms with Crippen molar-refractivity contribution in [3.8, 4) is 0 Å². The molecule has 2 fully saturated rings.